The summed E-state index contributed by atoms with van der Waals surface area (Å²) in [6, 6.07) is 1.24. The second-order valence-corrected chi connectivity index (χ2v) is 3.41. The average molecular weight is 242 g/mol. The molecule has 1 amide bonds. The highest BCUT2D eigenvalue weighted by molar-refractivity contribution is 5.75. The summed E-state index contributed by atoms with van der Waals surface area (Å²) >= 11 is 0. The Balaban J connectivity index is 2.32. The summed E-state index contributed by atoms with van der Waals surface area (Å²) in [6.45, 7) is 0.525. The van der Waals surface area contributed by atoms with Crippen LogP contribution in [0, 0.1) is 10.1 Å². The monoisotopic (exact) mass is 242 g/mol. The Hall–Kier alpha value is -1.96. The molecule has 0 atom stereocenters. The van der Waals surface area contributed by atoms with E-state index in [1.54, 1.807) is 0 Å². The Kier molecular flexibility index (Phi) is 5.08. The summed E-state index contributed by atoms with van der Waals surface area (Å²) in [5.41, 5.74) is 0. The van der Waals surface area contributed by atoms with Crippen molar-refractivity contribution in [3.63, 3.8) is 0 Å². The van der Waals surface area contributed by atoms with Crippen LogP contribution in [0.5, 0.6) is 0 Å². The van der Waals surface area contributed by atoms with Crippen LogP contribution < -0.4 is 5.32 Å². The van der Waals surface area contributed by atoms with Gasteiger partial charge in [0.25, 0.3) is 0 Å². The van der Waals surface area contributed by atoms with Crippen molar-refractivity contribution in [3.8, 4) is 0 Å². The predicted octanol–water partition coefficient (Wildman–Crippen LogP) is -0.320. The fourth-order valence-corrected chi connectivity index (χ4v) is 1.20. The summed E-state index contributed by atoms with van der Waals surface area (Å²) in [5, 5.41) is 25.1. The molecule has 0 fully saturated rings. The lowest BCUT2D eigenvalue weighted by Crippen LogP contribution is -2.28. The molecule has 8 heteroatoms. The SMILES string of the molecule is O=C(Cn1ccc([N+](=O)[O-])n1)NCCCCO. The molecule has 8 nitrogen and oxygen atoms in total. The van der Waals surface area contributed by atoms with Gasteiger partial charge in [-0.05, 0) is 17.8 Å². The predicted molar refractivity (Wildman–Crippen MR) is 58.2 cm³/mol. The molecule has 1 aromatic rings. The Morgan fingerprint density at radius 2 is 2.35 bits per heavy atom. The molecule has 17 heavy (non-hydrogen) atoms. The third-order valence-corrected chi connectivity index (χ3v) is 2.03. The van der Waals surface area contributed by atoms with Crippen molar-refractivity contribution in [2.75, 3.05) is 13.2 Å². The Bertz CT molecular complexity index is 390. The fourth-order valence-electron chi connectivity index (χ4n) is 1.20. The number of unbranched alkanes of at least 4 members (excludes halogenated alkanes) is 1. The molecule has 0 bridgehead atoms. The van der Waals surface area contributed by atoms with Gasteiger partial charge in [-0.3, -0.25) is 4.79 Å². The van der Waals surface area contributed by atoms with Crippen molar-refractivity contribution in [2.45, 2.75) is 19.4 Å². The van der Waals surface area contributed by atoms with Crippen LogP contribution in [0.25, 0.3) is 0 Å². The first-order valence-electron chi connectivity index (χ1n) is 5.19. The van der Waals surface area contributed by atoms with Gasteiger partial charge in [0.1, 0.15) is 6.54 Å². The largest absolute Gasteiger partial charge is 0.396 e. The van der Waals surface area contributed by atoms with Crippen LogP contribution in [-0.2, 0) is 11.3 Å². The van der Waals surface area contributed by atoms with E-state index in [1.165, 1.54) is 16.9 Å². The van der Waals surface area contributed by atoms with Crippen LogP contribution in [0.4, 0.5) is 5.82 Å². The van der Waals surface area contributed by atoms with Crippen molar-refractivity contribution in [3.05, 3.63) is 22.4 Å². The number of hydrogen-bond acceptors (Lipinski definition) is 5. The second kappa shape index (κ2) is 6.59. The van der Waals surface area contributed by atoms with Gasteiger partial charge >= 0.3 is 5.82 Å². The van der Waals surface area contributed by atoms with Crippen LogP contribution >= 0.6 is 0 Å². The lowest BCUT2D eigenvalue weighted by Gasteiger charge is -2.02. The quantitative estimate of drug-likeness (QED) is 0.387. The van der Waals surface area contributed by atoms with E-state index in [0.717, 1.165) is 0 Å². The number of hydrogen-bond donors (Lipinski definition) is 2. The molecule has 0 spiro atoms. The molecule has 0 aliphatic carbocycles. The van der Waals surface area contributed by atoms with Crippen molar-refractivity contribution in [1.82, 2.24) is 15.1 Å². The summed E-state index contributed by atoms with van der Waals surface area (Å²) < 4.78 is 1.21. The Labute approximate surface area is 97.4 Å². The van der Waals surface area contributed by atoms with Gasteiger partial charge in [-0.25, -0.2) is 0 Å². The van der Waals surface area contributed by atoms with Crippen molar-refractivity contribution in [2.24, 2.45) is 0 Å². The number of aromatic nitrogens is 2. The highest BCUT2D eigenvalue weighted by atomic mass is 16.6. The van der Waals surface area contributed by atoms with Crippen LogP contribution in [0.2, 0.25) is 0 Å². The van der Waals surface area contributed by atoms with E-state index < -0.39 is 4.92 Å². The van der Waals surface area contributed by atoms with Crippen LogP contribution in [0.15, 0.2) is 12.3 Å². The van der Waals surface area contributed by atoms with E-state index >= 15 is 0 Å². The van der Waals surface area contributed by atoms with Crippen LogP contribution in [0.3, 0.4) is 0 Å². The summed E-state index contributed by atoms with van der Waals surface area (Å²) in [6.07, 6.45) is 2.71. The number of aliphatic hydroxyl groups is 1. The minimum atomic E-state index is -0.615. The smallest absolute Gasteiger partial charge is 0.389 e. The first-order chi connectivity index (χ1) is 8.13. The van der Waals surface area contributed by atoms with Gasteiger partial charge in [-0.15, -0.1) is 0 Å². The van der Waals surface area contributed by atoms with Crippen molar-refractivity contribution >= 4 is 11.7 Å². The number of nitrogens with one attached hydrogen (secondary N) is 1. The highest BCUT2D eigenvalue weighted by Gasteiger charge is 2.12. The van der Waals surface area contributed by atoms with Gasteiger partial charge in [0.2, 0.25) is 5.91 Å². The molecule has 0 saturated heterocycles. The van der Waals surface area contributed by atoms with Crippen LogP contribution in [0.1, 0.15) is 12.8 Å². The van der Waals surface area contributed by atoms with E-state index in [9.17, 15) is 14.9 Å². The Morgan fingerprint density at radius 3 is 2.94 bits per heavy atom. The first-order valence-corrected chi connectivity index (χ1v) is 5.19. The molecule has 0 unspecified atom stereocenters. The van der Waals surface area contributed by atoms with E-state index in [4.69, 9.17) is 5.11 Å². The summed E-state index contributed by atoms with van der Waals surface area (Å²) in [5.74, 6) is -0.543. The van der Waals surface area contributed by atoms with E-state index in [1.807, 2.05) is 0 Å². The fraction of sp³-hybridized carbons (Fsp3) is 0.556. The van der Waals surface area contributed by atoms with Gasteiger partial charge in [-0.1, -0.05) is 0 Å². The molecule has 0 radical (unpaired) electrons. The first kappa shape index (κ1) is 13.1. The standard InChI is InChI=1S/C9H14N4O4/c14-6-2-1-4-10-9(15)7-12-5-3-8(11-12)13(16)17/h3,5,14H,1-2,4,6-7H2,(H,10,15). The molecule has 0 aromatic carbocycles. The number of rotatable bonds is 7. The van der Waals surface area contributed by atoms with Gasteiger partial charge in [-0.2, -0.15) is 4.68 Å². The van der Waals surface area contributed by atoms with Gasteiger partial charge in [0.15, 0.2) is 0 Å². The lowest BCUT2D eigenvalue weighted by molar-refractivity contribution is -0.389. The Morgan fingerprint density at radius 1 is 1.59 bits per heavy atom. The molecule has 94 valence electrons. The van der Waals surface area contributed by atoms with E-state index in [0.29, 0.717) is 19.4 Å². The maximum atomic E-state index is 11.4. The summed E-state index contributed by atoms with van der Waals surface area (Å²) in [4.78, 5) is 21.1. The molecular weight excluding hydrogens is 228 g/mol. The topological polar surface area (TPSA) is 110 Å². The zero-order chi connectivity index (χ0) is 12.7. The molecule has 0 aliphatic heterocycles. The lowest BCUT2D eigenvalue weighted by atomic mass is 10.3. The number of carbonyl (C=O) groups excluding carboxylic acids is 1. The molecular formula is C9H14N4O4. The highest BCUT2D eigenvalue weighted by Crippen LogP contribution is 2.04. The molecule has 0 saturated carbocycles. The third-order valence-electron chi connectivity index (χ3n) is 2.03. The maximum absolute atomic E-state index is 11.4. The second-order valence-electron chi connectivity index (χ2n) is 3.41. The minimum absolute atomic E-state index is 0.0486. The van der Waals surface area contributed by atoms with E-state index in [2.05, 4.69) is 10.4 Å². The molecule has 0 aliphatic rings. The molecule has 1 aromatic heterocycles. The van der Waals surface area contributed by atoms with Crippen LogP contribution in [-0.4, -0.2) is 38.9 Å². The number of nitrogens with zero attached hydrogens (tertiary/aromatic N) is 3. The van der Waals surface area contributed by atoms with Crippen molar-refractivity contribution in [1.29, 1.82) is 0 Å². The van der Waals surface area contributed by atoms with E-state index in [-0.39, 0.29) is 24.9 Å². The van der Waals surface area contributed by atoms with Gasteiger partial charge < -0.3 is 20.5 Å². The third kappa shape index (κ3) is 4.60. The maximum Gasteiger partial charge on any atom is 0.389 e. The number of carbonyl (C=O) groups is 1. The minimum Gasteiger partial charge on any atom is -0.396 e. The summed E-state index contributed by atoms with van der Waals surface area (Å²) in [7, 11) is 0. The molecule has 1 rings (SSSR count). The number of aliphatic hydroxyl groups excluding tert-OH is 1. The molecule has 2 N–H and O–H groups in total. The van der Waals surface area contributed by atoms with Gasteiger partial charge in [0.05, 0.1) is 17.4 Å². The average Bonchev–Trinajstić information content (AvgIpc) is 2.73. The zero-order valence-corrected chi connectivity index (χ0v) is 9.20. The number of amides is 1. The zero-order valence-electron chi connectivity index (χ0n) is 9.20. The molecule has 1 heterocycles. The van der Waals surface area contributed by atoms with Gasteiger partial charge in [0, 0.05) is 13.2 Å². The van der Waals surface area contributed by atoms with Crippen molar-refractivity contribution < 1.29 is 14.8 Å². The number of nitro groups is 1. The normalized spacial score (nSPS) is 10.2.